The van der Waals surface area contributed by atoms with E-state index in [1.54, 1.807) is 0 Å². The summed E-state index contributed by atoms with van der Waals surface area (Å²) in [5.74, 6) is -0.0514. The monoisotopic (exact) mass is 288 g/mol. The van der Waals surface area contributed by atoms with Gasteiger partial charge in [0.15, 0.2) is 0 Å². The average Bonchev–Trinajstić information content (AvgIpc) is 2.38. The van der Waals surface area contributed by atoms with E-state index in [-0.39, 0.29) is 31.2 Å². The Hall–Kier alpha value is -1.84. The molecular weight excluding hydrogens is 268 g/mol. The summed E-state index contributed by atoms with van der Waals surface area (Å²) in [4.78, 5) is 25.5. The van der Waals surface area contributed by atoms with Gasteiger partial charge in [0, 0.05) is 13.7 Å². The Labute approximate surface area is 115 Å². The largest absolute Gasteiger partial charge is 0.393 e. The second-order valence-electron chi connectivity index (χ2n) is 4.67. The molecule has 0 saturated heterocycles. The third-order valence-electron chi connectivity index (χ3n) is 2.75. The molecule has 0 bridgehead atoms. The van der Waals surface area contributed by atoms with Crippen LogP contribution in [0, 0.1) is 0 Å². The number of methoxy groups -OCH3 is 1. The quantitative estimate of drug-likeness (QED) is 0.387. The number of nitrogens with two attached hydrogens (primary N) is 1. The number of aliphatic hydroxyl groups excluding tert-OH is 1. The van der Waals surface area contributed by atoms with Gasteiger partial charge in [0.1, 0.15) is 17.1 Å². The molecule has 20 heavy (non-hydrogen) atoms. The third kappa shape index (κ3) is 3.83. The Bertz CT molecular complexity index is 563. The minimum Gasteiger partial charge on any atom is -0.393 e. The van der Waals surface area contributed by atoms with Gasteiger partial charge < -0.3 is 26.0 Å². The van der Waals surface area contributed by atoms with Gasteiger partial charge in [-0.1, -0.05) is 0 Å². The Balaban J connectivity index is 3.07. The van der Waals surface area contributed by atoms with Gasteiger partial charge in [-0.05, 0) is 6.92 Å². The van der Waals surface area contributed by atoms with Gasteiger partial charge in [-0.25, -0.2) is 4.79 Å². The number of aromatic amines is 1. The third-order valence-corrected chi connectivity index (χ3v) is 2.75. The van der Waals surface area contributed by atoms with Crippen LogP contribution < -0.4 is 22.3 Å². The molecule has 0 aliphatic heterocycles. The molecular formula is C11H20N4O5. The predicted octanol–water partition coefficient (Wildman–Crippen LogP) is -2.08. The van der Waals surface area contributed by atoms with Crippen LogP contribution in [0.5, 0.6) is 0 Å². The van der Waals surface area contributed by atoms with E-state index in [9.17, 15) is 14.7 Å². The maximum Gasteiger partial charge on any atom is 0.330 e. The maximum atomic E-state index is 11.7. The Morgan fingerprint density at radius 3 is 2.70 bits per heavy atom. The Morgan fingerprint density at radius 2 is 2.15 bits per heavy atom. The molecule has 0 radical (unpaired) electrons. The number of nitrogens with one attached hydrogen (secondary N) is 2. The van der Waals surface area contributed by atoms with Gasteiger partial charge in [0.05, 0.1) is 19.8 Å². The van der Waals surface area contributed by atoms with E-state index in [0.29, 0.717) is 0 Å². The van der Waals surface area contributed by atoms with Gasteiger partial charge in [-0.15, -0.1) is 0 Å². The molecule has 1 aromatic rings. The van der Waals surface area contributed by atoms with Gasteiger partial charge in [0.25, 0.3) is 5.56 Å². The summed E-state index contributed by atoms with van der Waals surface area (Å²) in [6.07, 6.45) is 0. The summed E-state index contributed by atoms with van der Waals surface area (Å²) in [7, 11) is 1.48. The highest BCUT2D eigenvalue weighted by Gasteiger charge is 2.20. The van der Waals surface area contributed by atoms with Crippen molar-refractivity contribution in [2.75, 3.05) is 37.9 Å². The minimum atomic E-state index is -1.41. The van der Waals surface area contributed by atoms with E-state index >= 15 is 0 Å². The van der Waals surface area contributed by atoms with Crippen molar-refractivity contribution in [1.29, 1.82) is 0 Å². The van der Waals surface area contributed by atoms with E-state index in [4.69, 9.17) is 15.6 Å². The minimum absolute atomic E-state index is 0.0329. The number of hydrogen-bond donors (Lipinski definition) is 5. The van der Waals surface area contributed by atoms with E-state index in [2.05, 4.69) is 10.3 Å². The van der Waals surface area contributed by atoms with Gasteiger partial charge in [-0.3, -0.25) is 14.3 Å². The zero-order valence-electron chi connectivity index (χ0n) is 11.5. The molecule has 1 heterocycles. The van der Waals surface area contributed by atoms with Crippen LogP contribution in [-0.4, -0.2) is 52.2 Å². The topological polar surface area (TPSA) is 143 Å². The fourth-order valence-electron chi connectivity index (χ4n) is 1.50. The highest BCUT2D eigenvalue weighted by molar-refractivity contribution is 5.60. The molecule has 1 rings (SSSR count). The van der Waals surface area contributed by atoms with Crippen LogP contribution in [0.1, 0.15) is 6.92 Å². The summed E-state index contributed by atoms with van der Waals surface area (Å²) in [5.41, 5.74) is 3.01. The Kier molecular flexibility index (Phi) is 5.31. The summed E-state index contributed by atoms with van der Waals surface area (Å²) in [6, 6.07) is 0. The second kappa shape index (κ2) is 6.55. The maximum absolute atomic E-state index is 11.7. The lowest BCUT2D eigenvalue weighted by atomic mass is 10.1. The van der Waals surface area contributed by atoms with Gasteiger partial charge >= 0.3 is 5.69 Å². The molecule has 0 aromatic carbocycles. The summed E-state index contributed by atoms with van der Waals surface area (Å²) in [6.45, 7) is 1.25. The molecule has 0 spiro atoms. The first-order valence-electron chi connectivity index (χ1n) is 6.01. The standard InChI is InChI=1S/C11H20N4O5/c1-11(19,6-16)5-13-7-8(12)15(3-4-20-2)10(18)14-9(7)17/h13,16,19H,3-6,12H2,1-2H3,(H,14,17,18). The van der Waals surface area contributed by atoms with E-state index in [1.807, 2.05) is 0 Å². The van der Waals surface area contributed by atoms with Gasteiger partial charge in [-0.2, -0.15) is 0 Å². The van der Waals surface area contributed by atoms with Crippen LogP contribution in [0.15, 0.2) is 9.59 Å². The molecule has 0 saturated carbocycles. The van der Waals surface area contributed by atoms with Crippen molar-refractivity contribution in [2.24, 2.45) is 0 Å². The van der Waals surface area contributed by atoms with Crippen LogP contribution in [0.2, 0.25) is 0 Å². The molecule has 6 N–H and O–H groups in total. The molecule has 0 aliphatic carbocycles. The molecule has 1 atom stereocenters. The van der Waals surface area contributed by atoms with Crippen LogP contribution in [0.25, 0.3) is 0 Å². The van der Waals surface area contributed by atoms with Crippen LogP contribution in [0.4, 0.5) is 11.5 Å². The first-order valence-corrected chi connectivity index (χ1v) is 6.01. The smallest absolute Gasteiger partial charge is 0.330 e. The first-order chi connectivity index (χ1) is 9.32. The van der Waals surface area contributed by atoms with Crippen molar-refractivity contribution in [3.05, 3.63) is 20.8 Å². The zero-order valence-corrected chi connectivity index (χ0v) is 11.5. The van der Waals surface area contributed by atoms with Crippen LogP contribution in [-0.2, 0) is 11.3 Å². The number of nitrogen functional groups attached to an aromatic ring is 1. The number of nitrogens with zero attached hydrogens (tertiary/aromatic N) is 1. The number of aromatic nitrogens is 2. The molecule has 0 fully saturated rings. The van der Waals surface area contributed by atoms with Crippen LogP contribution >= 0.6 is 0 Å². The summed E-state index contributed by atoms with van der Waals surface area (Å²) >= 11 is 0. The van der Waals surface area contributed by atoms with Crippen molar-refractivity contribution in [3.8, 4) is 0 Å². The number of H-pyrrole nitrogens is 1. The lowest BCUT2D eigenvalue weighted by molar-refractivity contribution is 0.0132. The molecule has 9 heteroatoms. The molecule has 1 unspecified atom stereocenters. The molecule has 114 valence electrons. The fraction of sp³-hybridized carbons (Fsp3) is 0.636. The van der Waals surface area contributed by atoms with Crippen molar-refractivity contribution in [1.82, 2.24) is 9.55 Å². The Morgan fingerprint density at radius 1 is 1.50 bits per heavy atom. The van der Waals surface area contributed by atoms with E-state index in [1.165, 1.54) is 14.0 Å². The highest BCUT2D eigenvalue weighted by Crippen LogP contribution is 2.12. The summed E-state index contributed by atoms with van der Waals surface area (Å²) in [5, 5.41) is 21.3. The highest BCUT2D eigenvalue weighted by atomic mass is 16.5. The van der Waals surface area contributed by atoms with Crippen molar-refractivity contribution < 1.29 is 14.9 Å². The predicted molar refractivity (Wildman–Crippen MR) is 73.8 cm³/mol. The zero-order chi connectivity index (χ0) is 15.3. The van der Waals surface area contributed by atoms with Gasteiger partial charge in [0.2, 0.25) is 0 Å². The number of hydrogen-bond acceptors (Lipinski definition) is 7. The van der Waals surface area contributed by atoms with Crippen molar-refractivity contribution in [2.45, 2.75) is 19.1 Å². The number of aliphatic hydroxyl groups is 2. The van der Waals surface area contributed by atoms with Crippen molar-refractivity contribution in [3.63, 3.8) is 0 Å². The lowest BCUT2D eigenvalue weighted by Gasteiger charge is -2.22. The van der Waals surface area contributed by atoms with Crippen molar-refractivity contribution >= 4 is 11.5 Å². The molecule has 1 aromatic heterocycles. The molecule has 0 amide bonds. The number of anilines is 2. The number of rotatable bonds is 7. The van der Waals surface area contributed by atoms with E-state index < -0.39 is 23.5 Å². The molecule has 0 aliphatic rings. The summed E-state index contributed by atoms with van der Waals surface area (Å²) < 4.78 is 6.01. The number of ether oxygens (including phenoxy) is 1. The lowest BCUT2D eigenvalue weighted by Crippen LogP contribution is -2.40. The second-order valence-corrected chi connectivity index (χ2v) is 4.67. The SMILES string of the molecule is COCCn1c(N)c(NCC(C)(O)CO)c(=O)[nH]c1=O. The van der Waals surface area contributed by atoms with Crippen LogP contribution in [0.3, 0.4) is 0 Å². The molecule has 9 nitrogen and oxygen atoms in total. The van der Waals surface area contributed by atoms with E-state index in [0.717, 1.165) is 4.57 Å². The fourth-order valence-corrected chi connectivity index (χ4v) is 1.50. The average molecular weight is 288 g/mol. The first kappa shape index (κ1) is 16.2. The normalized spacial score (nSPS) is 14.0.